The predicted molar refractivity (Wildman–Crippen MR) is 133 cm³/mol. The first-order valence-corrected chi connectivity index (χ1v) is 11.6. The van der Waals surface area contributed by atoms with Gasteiger partial charge >= 0.3 is 0 Å². The second-order valence-corrected chi connectivity index (χ2v) is 8.98. The molecule has 1 fully saturated rings. The first kappa shape index (κ1) is 21.5. The lowest BCUT2D eigenvalue weighted by Gasteiger charge is -2.26. The van der Waals surface area contributed by atoms with Crippen LogP contribution >= 0.6 is 0 Å². The van der Waals surface area contributed by atoms with Crippen molar-refractivity contribution in [2.24, 2.45) is 5.92 Å². The summed E-state index contributed by atoms with van der Waals surface area (Å²) in [5, 5.41) is 3.80. The summed E-state index contributed by atoms with van der Waals surface area (Å²) in [6.45, 7) is 10.4. The standard InChI is InChI=1S/C28H35N3/c1-23(2)22-30-17-10-18-31(20-19-30)27-16-9-15-26(21-27)29-28(24-11-5-3-6-12-24)25-13-7-4-8-14-25/h3-9,11-16,21,23,28-29H,10,17-20,22H2,1-2H3. The van der Waals surface area contributed by atoms with Crippen LogP contribution in [0.4, 0.5) is 11.4 Å². The summed E-state index contributed by atoms with van der Waals surface area (Å²) in [6, 6.07) is 30.5. The van der Waals surface area contributed by atoms with Crippen molar-refractivity contribution in [2.75, 3.05) is 42.9 Å². The number of nitrogens with zero attached hydrogens (tertiary/aromatic N) is 2. The van der Waals surface area contributed by atoms with Gasteiger partial charge in [-0.25, -0.2) is 0 Å². The minimum Gasteiger partial charge on any atom is -0.374 e. The van der Waals surface area contributed by atoms with Gasteiger partial charge in [-0.15, -0.1) is 0 Å². The molecule has 31 heavy (non-hydrogen) atoms. The summed E-state index contributed by atoms with van der Waals surface area (Å²) in [5.74, 6) is 0.729. The van der Waals surface area contributed by atoms with Crippen molar-refractivity contribution in [3.05, 3.63) is 96.1 Å². The molecular weight excluding hydrogens is 378 g/mol. The number of hydrogen-bond donors (Lipinski definition) is 1. The molecule has 0 spiro atoms. The van der Waals surface area contributed by atoms with E-state index in [0.717, 1.165) is 25.6 Å². The Hall–Kier alpha value is -2.78. The van der Waals surface area contributed by atoms with Gasteiger partial charge in [-0.05, 0) is 48.2 Å². The average molecular weight is 414 g/mol. The van der Waals surface area contributed by atoms with Gasteiger partial charge in [-0.1, -0.05) is 80.6 Å². The molecule has 3 aromatic carbocycles. The number of rotatable bonds is 7. The monoisotopic (exact) mass is 413 g/mol. The van der Waals surface area contributed by atoms with E-state index in [1.807, 2.05) is 0 Å². The molecule has 1 heterocycles. The Morgan fingerprint density at radius 1 is 0.742 bits per heavy atom. The van der Waals surface area contributed by atoms with E-state index in [1.165, 1.54) is 42.0 Å². The third-order valence-electron chi connectivity index (χ3n) is 6.00. The normalized spacial score (nSPS) is 15.3. The molecular formula is C28H35N3. The zero-order chi connectivity index (χ0) is 21.5. The molecule has 162 valence electrons. The predicted octanol–water partition coefficient (Wildman–Crippen LogP) is 6.06. The van der Waals surface area contributed by atoms with Gasteiger partial charge in [0.05, 0.1) is 6.04 Å². The van der Waals surface area contributed by atoms with E-state index in [4.69, 9.17) is 0 Å². The largest absolute Gasteiger partial charge is 0.374 e. The van der Waals surface area contributed by atoms with Crippen LogP contribution in [0, 0.1) is 5.92 Å². The maximum atomic E-state index is 3.80. The lowest BCUT2D eigenvalue weighted by Crippen LogP contribution is -2.33. The number of hydrogen-bond acceptors (Lipinski definition) is 3. The molecule has 0 aliphatic carbocycles. The molecule has 0 saturated carbocycles. The van der Waals surface area contributed by atoms with Crippen molar-refractivity contribution < 1.29 is 0 Å². The Balaban J connectivity index is 1.52. The molecule has 0 aromatic heterocycles. The first-order valence-electron chi connectivity index (χ1n) is 11.6. The summed E-state index contributed by atoms with van der Waals surface area (Å²) >= 11 is 0. The van der Waals surface area contributed by atoms with E-state index in [-0.39, 0.29) is 6.04 Å². The van der Waals surface area contributed by atoms with E-state index in [9.17, 15) is 0 Å². The quantitative estimate of drug-likeness (QED) is 0.508. The van der Waals surface area contributed by atoms with Crippen LogP contribution in [-0.2, 0) is 0 Å². The van der Waals surface area contributed by atoms with Gasteiger partial charge < -0.3 is 15.1 Å². The van der Waals surface area contributed by atoms with Crippen LogP contribution < -0.4 is 10.2 Å². The minimum atomic E-state index is 0.128. The molecule has 3 heteroatoms. The third kappa shape index (κ3) is 5.89. The number of benzene rings is 3. The fraction of sp³-hybridized carbons (Fsp3) is 0.357. The molecule has 0 atom stereocenters. The lowest BCUT2D eigenvalue weighted by atomic mass is 9.98. The van der Waals surface area contributed by atoms with Gasteiger partial charge in [0, 0.05) is 37.6 Å². The molecule has 0 bridgehead atoms. The topological polar surface area (TPSA) is 18.5 Å². The van der Waals surface area contributed by atoms with Crippen molar-refractivity contribution in [1.29, 1.82) is 0 Å². The van der Waals surface area contributed by atoms with Gasteiger partial charge in [0.1, 0.15) is 0 Å². The first-order chi connectivity index (χ1) is 15.2. The highest BCUT2D eigenvalue weighted by atomic mass is 15.2. The van der Waals surface area contributed by atoms with Gasteiger partial charge in [-0.2, -0.15) is 0 Å². The number of anilines is 2. The third-order valence-corrected chi connectivity index (χ3v) is 6.00. The van der Waals surface area contributed by atoms with E-state index in [1.54, 1.807) is 0 Å². The van der Waals surface area contributed by atoms with Crippen molar-refractivity contribution >= 4 is 11.4 Å². The molecule has 0 amide bonds. The zero-order valence-corrected chi connectivity index (χ0v) is 18.9. The summed E-state index contributed by atoms with van der Waals surface area (Å²) in [6.07, 6.45) is 1.22. The van der Waals surface area contributed by atoms with Gasteiger partial charge in [0.25, 0.3) is 0 Å². The minimum absolute atomic E-state index is 0.128. The van der Waals surface area contributed by atoms with E-state index >= 15 is 0 Å². The van der Waals surface area contributed by atoms with Gasteiger partial charge in [-0.3, -0.25) is 0 Å². The Morgan fingerprint density at radius 2 is 1.42 bits per heavy atom. The van der Waals surface area contributed by atoms with Crippen molar-refractivity contribution in [1.82, 2.24) is 4.90 Å². The highest BCUT2D eigenvalue weighted by Gasteiger charge is 2.17. The summed E-state index contributed by atoms with van der Waals surface area (Å²) in [4.78, 5) is 5.17. The Bertz CT molecular complexity index is 884. The van der Waals surface area contributed by atoms with Crippen molar-refractivity contribution in [3.63, 3.8) is 0 Å². The molecule has 0 radical (unpaired) electrons. The Labute approximate surface area is 187 Å². The van der Waals surface area contributed by atoms with E-state index in [0.29, 0.717) is 0 Å². The van der Waals surface area contributed by atoms with Crippen LogP contribution in [0.1, 0.15) is 37.4 Å². The van der Waals surface area contributed by atoms with Gasteiger partial charge in [0.2, 0.25) is 0 Å². The molecule has 1 aliphatic heterocycles. The molecule has 1 N–H and O–H groups in total. The maximum Gasteiger partial charge on any atom is 0.0767 e. The van der Waals surface area contributed by atoms with Crippen molar-refractivity contribution in [3.8, 4) is 0 Å². The molecule has 0 unspecified atom stereocenters. The molecule has 3 aromatic rings. The summed E-state index contributed by atoms with van der Waals surface area (Å²) in [5.41, 5.74) is 5.03. The second kappa shape index (κ2) is 10.5. The SMILES string of the molecule is CC(C)CN1CCCN(c2cccc(NC(c3ccccc3)c3ccccc3)c2)CC1. The lowest BCUT2D eigenvalue weighted by molar-refractivity contribution is 0.261. The smallest absolute Gasteiger partial charge is 0.0767 e. The maximum absolute atomic E-state index is 3.80. The van der Waals surface area contributed by atoms with Crippen LogP contribution in [0.15, 0.2) is 84.9 Å². The fourth-order valence-electron chi connectivity index (χ4n) is 4.54. The zero-order valence-electron chi connectivity index (χ0n) is 18.9. The van der Waals surface area contributed by atoms with Crippen LogP contribution in [-0.4, -0.2) is 37.6 Å². The summed E-state index contributed by atoms with van der Waals surface area (Å²) < 4.78 is 0. The van der Waals surface area contributed by atoms with Crippen molar-refractivity contribution in [2.45, 2.75) is 26.3 Å². The van der Waals surface area contributed by atoms with Crippen LogP contribution in [0.25, 0.3) is 0 Å². The Kier molecular flexibility index (Phi) is 7.26. The molecule has 1 aliphatic rings. The molecule has 1 saturated heterocycles. The fourth-order valence-corrected chi connectivity index (χ4v) is 4.54. The van der Waals surface area contributed by atoms with E-state index in [2.05, 4.69) is 114 Å². The van der Waals surface area contributed by atoms with E-state index < -0.39 is 0 Å². The highest BCUT2D eigenvalue weighted by molar-refractivity contribution is 5.60. The molecule has 4 rings (SSSR count). The van der Waals surface area contributed by atoms with Crippen LogP contribution in [0.2, 0.25) is 0 Å². The summed E-state index contributed by atoms with van der Waals surface area (Å²) in [7, 11) is 0. The molecule has 3 nitrogen and oxygen atoms in total. The van der Waals surface area contributed by atoms with Gasteiger partial charge in [0.15, 0.2) is 0 Å². The number of nitrogens with one attached hydrogen (secondary N) is 1. The van der Waals surface area contributed by atoms with Crippen LogP contribution in [0.3, 0.4) is 0 Å². The highest BCUT2D eigenvalue weighted by Crippen LogP contribution is 2.29. The Morgan fingerprint density at radius 3 is 2.06 bits per heavy atom. The second-order valence-electron chi connectivity index (χ2n) is 8.98. The average Bonchev–Trinajstić information content (AvgIpc) is 3.04. The van der Waals surface area contributed by atoms with Crippen LogP contribution in [0.5, 0.6) is 0 Å².